The van der Waals surface area contributed by atoms with Crippen molar-refractivity contribution in [3.05, 3.63) is 52.3 Å². The van der Waals surface area contributed by atoms with E-state index in [0.717, 1.165) is 17.5 Å². The molecular weight excluding hydrogens is 353 g/mol. The first kappa shape index (κ1) is 17.3. The Bertz CT molecular complexity index is 1040. The van der Waals surface area contributed by atoms with Gasteiger partial charge in [-0.05, 0) is 37.8 Å². The van der Waals surface area contributed by atoms with Crippen molar-refractivity contribution >= 4 is 16.8 Å². The van der Waals surface area contributed by atoms with Crippen molar-refractivity contribution in [3.8, 4) is 5.95 Å². The molecular formula is C18H18FN5O3. The number of aromatic nitrogens is 4. The lowest BCUT2D eigenvalue weighted by Gasteiger charge is -2.26. The zero-order valence-corrected chi connectivity index (χ0v) is 14.4. The lowest BCUT2D eigenvalue weighted by atomic mass is 9.93. The summed E-state index contributed by atoms with van der Waals surface area (Å²) in [5.74, 6) is -0.819. The number of hydrogen-bond acceptors (Lipinski definition) is 5. The first-order valence-corrected chi connectivity index (χ1v) is 8.73. The predicted octanol–water partition coefficient (Wildman–Crippen LogP) is 1.28. The smallest absolute Gasteiger partial charge is 0.272 e. The molecule has 0 aliphatic heterocycles. The number of hydrogen-bond donors (Lipinski definition) is 3. The maximum Gasteiger partial charge on any atom is 0.272 e. The Labute approximate surface area is 153 Å². The van der Waals surface area contributed by atoms with E-state index < -0.39 is 11.4 Å². The predicted molar refractivity (Wildman–Crippen MR) is 95.2 cm³/mol. The molecule has 1 aromatic carbocycles. The fraction of sp³-hybridized carbons (Fsp3) is 0.333. The van der Waals surface area contributed by atoms with E-state index in [1.54, 1.807) is 0 Å². The monoisotopic (exact) mass is 371 g/mol. The Morgan fingerprint density at radius 1 is 1.22 bits per heavy atom. The van der Waals surface area contributed by atoms with Crippen molar-refractivity contribution in [2.24, 2.45) is 0 Å². The third-order valence-corrected chi connectivity index (χ3v) is 4.80. The van der Waals surface area contributed by atoms with Crippen LogP contribution in [0.5, 0.6) is 0 Å². The van der Waals surface area contributed by atoms with Gasteiger partial charge in [0.2, 0.25) is 5.95 Å². The maximum absolute atomic E-state index is 14.1. The molecule has 1 saturated carbocycles. The van der Waals surface area contributed by atoms with E-state index in [1.807, 2.05) is 0 Å². The third-order valence-electron chi connectivity index (χ3n) is 4.80. The summed E-state index contributed by atoms with van der Waals surface area (Å²) in [5, 5.41) is 15.1. The van der Waals surface area contributed by atoms with E-state index >= 15 is 0 Å². The molecule has 1 aliphatic carbocycles. The van der Waals surface area contributed by atoms with Crippen LogP contribution in [0, 0.1) is 5.82 Å². The lowest BCUT2D eigenvalue weighted by Crippen LogP contribution is -2.38. The number of carbonyl (C=O) groups excluding carboxylic acids is 1. The van der Waals surface area contributed by atoms with Gasteiger partial charge in [0.15, 0.2) is 0 Å². The van der Waals surface area contributed by atoms with E-state index in [2.05, 4.69) is 20.4 Å². The van der Waals surface area contributed by atoms with Crippen LogP contribution in [0.3, 0.4) is 0 Å². The summed E-state index contributed by atoms with van der Waals surface area (Å²) in [7, 11) is 0. The average molecular weight is 371 g/mol. The van der Waals surface area contributed by atoms with E-state index in [0.29, 0.717) is 12.8 Å². The van der Waals surface area contributed by atoms with Crippen LogP contribution in [-0.2, 0) is 0 Å². The summed E-state index contributed by atoms with van der Waals surface area (Å²) >= 11 is 0. The van der Waals surface area contributed by atoms with Gasteiger partial charge in [0.05, 0.1) is 17.1 Å². The Morgan fingerprint density at radius 2 is 1.93 bits per heavy atom. The minimum Gasteiger partial charge on any atom is -0.393 e. The topological polar surface area (TPSA) is 113 Å². The molecule has 9 heteroatoms. The summed E-state index contributed by atoms with van der Waals surface area (Å²) in [6.45, 7) is 0. The van der Waals surface area contributed by atoms with Crippen LogP contribution in [-0.4, -0.2) is 42.9 Å². The summed E-state index contributed by atoms with van der Waals surface area (Å²) in [6, 6.07) is 4.22. The molecule has 8 nitrogen and oxygen atoms in total. The number of nitrogens with one attached hydrogen (secondary N) is 2. The van der Waals surface area contributed by atoms with Gasteiger partial charge >= 0.3 is 0 Å². The van der Waals surface area contributed by atoms with Crippen LogP contribution < -0.4 is 10.9 Å². The molecule has 0 atom stereocenters. The van der Waals surface area contributed by atoms with Crippen LogP contribution in [0.2, 0.25) is 0 Å². The number of rotatable bonds is 3. The number of para-hydroxylation sites is 1. The fourth-order valence-corrected chi connectivity index (χ4v) is 3.34. The van der Waals surface area contributed by atoms with Gasteiger partial charge in [0, 0.05) is 18.4 Å². The number of nitrogens with zero attached hydrogens (tertiary/aromatic N) is 3. The minimum atomic E-state index is -0.573. The molecule has 0 radical (unpaired) electrons. The zero-order valence-electron chi connectivity index (χ0n) is 14.4. The molecule has 0 spiro atoms. The molecule has 2 heterocycles. The van der Waals surface area contributed by atoms with Gasteiger partial charge in [0.1, 0.15) is 11.3 Å². The van der Waals surface area contributed by atoms with Crippen molar-refractivity contribution < 1.29 is 14.3 Å². The van der Waals surface area contributed by atoms with Gasteiger partial charge in [-0.25, -0.2) is 19.0 Å². The summed E-state index contributed by atoms with van der Waals surface area (Å²) < 4.78 is 15.3. The second-order valence-corrected chi connectivity index (χ2v) is 6.66. The first-order valence-electron chi connectivity index (χ1n) is 8.73. The molecule has 27 heavy (non-hydrogen) atoms. The maximum atomic E-state index is 14.1. The van der Waals surface area contributed by atoms with Crippen LogP contribution in [0.25, 0.3) is 16.9 Å². The van der Waals surface area contributed by atoms with Gasteiger partial charge < -0.3 is 10.4 Å². The highest BCUT2D eigenvalue weighted by Crippen LogP contribution is 2.19. The quantitative estimate of drug-likeness (QED) is 0.642. The molecule has 1 fully saturated rings. The number of fused-ring (bicyclic) bond motifs is 1. The highest BCUT2D eigenvalue weighted by molar-refractivity contribution is 5.93. The minimum absolute atomic E-state index is 0.0134. The van der Waals surface area contributed by atoms with E-state index in [4.69, 9.17) is 0 Å². The largest absolute Gasteiger partial charge is 0.393 e. The van der Waals surface area contributed by atoms with Crippen LogP contribution in [0.1, 0.15) is 36.0 Å². The highest BCUT2D eigenvalue weighted by atomic mass is 19.1. The molecule has 1 aliphatic rings. The molecule has 0 saturated heterocycles. The SMILES string of the molecule is O=C(NC1CCC(O)CC1)c1cnc(-n2[nH]c(=O)c3cccc(F)c32)nc1. The Hall–Kier alpha value is -3.07. The van der Waals surface area contributed by atoms with Crippen molar-refractivity contribution in [2.75, 3.05) is 0 Å². The molecule has 0 unspecified atom stereocenters. The normalized spacial score (nSPS) is 19.9. The summed E-state index contributed by atoms with van der Waals surface area (Å²) in [6.07, 6.45) is 5.16. The van der Waals surface area contributed by atoms with Crippen LogP contribution in [0.4, 0.5) is 4.39 Å². The van der Waals surface area contributed by atoms with Gasteiger partial charge in [-0.15, -0.1) is 0 Å². The number of halogens is 1. The number of H-pyrrole nitrogens is 1. The van der Waals surface area contributed by atoms with Crippen LogP contribution >= 0.6 is 0 Å². The molecule has 3 N–H and O–H groups in total. The zero-order chi connectivity index (χ0) is 19.0. The molecule has 4 rings (SSSR count). The molecule has 2 aromatic heterocycles. The Morgan fingerprint density at radius 3 is 2.63 bits per heavy atom. The summed E-state index contributed by atoms with van der Waals surface area (Å²) in [4.78, 5) is 32.5. The number of aromatic amines is 1. The molecule has 140 valence electrons. The average Bonchev–Trinajstić information content (AvgIpc) is 3.02. The number of amides is 1. The van der Waals surface area contributed by atoms with Crippen molar-refractivity contribution in [2.45, 2.75) is 37.8 Å². The Kier molecular flexibility index (Phi) is 4.44. The third kappa shape index (κ3) is 3.33. The number of aliphatic hydroxyl groups excluding tert-OH is 1. The number of aliphatic hydroxyl groups is 1. The summed E-state index contributed by atoms with van der Waals surface area (Å²) in [5.41, 5.74) is -0.126. The number of benzene rings is 1. The van der Waals surface area contributed by atoms with Crippen molar-refractivity contribution in [3.63, 3.8) is 0 Å². The van der Waals surface area contributed by atoms with Gasteiger partial charge in [-0.1, -0.05) is 6.07 Å². The van der Waals surface area contributed by atoms with Gasteiger partial charge in [-0.3, -0.25) is 14.7 Å². The van der Waals surface area contributed by atoms with Crippen molar-refractivity contribution in [1.82, 2.24) is 25.1 Å². The molecule has 3 aromatic rings. The molecule has 1 amide bonds. The lowest BCUT2D eigenvalue weighted by molar-refractivity contribution is 0.0867. The first-order chi connectivity index (χ1) is 13.0. The van der Waals surface area contributed by atoms with Crippen LogP contribution in [0.15, 0.2) is 35.4 Å². The number of carbonyl (C=O) groups is 1. The second kappa shape index (κ2) is 6.92. The van der Waals surface area contributed by atoms with E-state index in [1.165, 1.54) is 30.6 Å². The second-order valence-electron chi connectivity index (χ2n) is 6.66. The highest BCUT2D eigenvalue weighted by Gasteiger charge is 2.22. The fourth-order valence-electron chi connectivity index (χ4n) is 3.34. The Balaban J connectivity index is 1.56. The van der Waals surface area contributed by atoms with Gasteiger partial charge in [-0.2, -0.15) is 0 Å². The van der Waals surface area contributed by atoms with E-state index in [-0.39, 0.29) is 40.5 Å². The van der Waals surface area contributed by atoms with Gasteiger partial charge in [0.25, 0.3) is 11.5 Å². The molecule has 0 bridgehead atoms. The van der Waals surface area contributed by atoms with Crippen molar-refractivity contribution in [1.29, 1.82) is 0 Å². The standard InChI is InChI=1S/C18H18FN5O3/c19-14-3-1-2-13-15(14)24(23-17(13)27)18-20-8-10(9-21-18)16(26)22-11-4-6-12(25)7-5-11/h1-3,8-9,11-12,25H,4-7H2,(H,22,26)(H,23,27). The van der Waals surface area contributed by atoms with E-state index in [9.17, 15) is 19.1 Å².